The van der Waals surface area contributed by atoms with Crippen LogP contribution in [0.2, 0.25) is 0 Å². The zero-order valence-electron chi connectivity index (χ0n) is 9.05. The van der Waals surface area contributed by atoms with Gasteiger partial charge in [-0.15, -0.1) is 0 Å². The molecule has 1 atom stereocenters. The van der Waals surface area contributed by atoms with Crippen LogP contribution in [0.3, 0.4) is 0 Å². The van der Waals surface area contributed by atoms with Gasteiger partial charge in [-0.3, -0.25) is 4.79 Å². The highest BCUT2D eigenvalue weighted by Gasteiger charge is 2.22. The summed E-state index contributed by atoms with van der Waals surface area (Å²) in [6.45, 7) is 7.35. The average molecular weight is 183 g/mol. The Hall–Kier alpha value is -0.530. The van der Waals surface area contributed by atoms with E-state index in [1.54, 1.807) is 0 Å². The molecule has 2 heteroatoms. The number of nitrogens with zero attached hydrogens (tertiary/aromatic N) is 1. The van der Waals surface area contributed by atoms with Gasteiger partial charge >= 0.3 is 0 Å². The van der Waals surface area contributed by atoms with Gasteiger partial charge in [-0.2, -0.15) is 0 Å². The molecule has 1 amide bonds. The summed E-state index contributed by atoms with van der Waals surface area (Å²) in [4.78, 5) is 13.8. The third-order valence-electron chi connectivity index (χ3n) is 2.71. The fourth-order valence-corrected chi connectivity index (χ4v) is 1.94. The second-order valence-electron chi connectivity index (χ2n) is 4.53. The maximum atomic E-state index is 11.7. The Balaban J connectivity index is 2.44. The van der Waals surface area contributed by atoms with Gasteiger partial charge in [0, 0.05) is 19.0 Å². The average Bonchev–Trinajstić information content (AvgIpc) is 2.03. The second-order valence-corrected chi connectivity index (χ2v) is 4.53. The Morgan fingerprint density at radius 3 is 2.69 bits per heavy atom. The van der Waals surface area contributed by atoms with Gasteiger partial charge in [0.15, 0.2) is 0 Å². The molecule has 0 aromatic rings. The standard InChI is InChI=1S/C11H21NO/c1-9(2)8-11(13)12-7-5-4-6-10(12)3/h9-10H,4-8H2,1-3H3/t10-/m1/s1. The highest BCUT2D eigenvalue weighted by atomic mass is 16.2. The molecule has 2 nitrogen and oxygen atoms in total. The van der Waals surface area contributed by atoms with Crippen LogP contribution in [0.4, 0.5) is 0 Å². The van der Waals surface area contributed by atoms with Gasteiger partial charge in [-0.1, -0.05) is 13.8 Å². The van der Waals surface area contributed by atoms with Crippen LogP contribution in [-0.4, -0.2) is 23.4 Å². The largest absolute Gasteiger partial charge is 0.340 e. The number of likely N-dealkylation sites (tertiary alicyclic amines) is 1. The molecule has 0 spiro atoms. The van der Waals surface area contributed by atoms with E-state index in [1.165, 1.54) is 19.3 Å². The van der Waals surface area contributed by atoms with E-state index in [1.807, 2.05) is 0 Å². The molecule has 1 aliphatic rings. The molecular formula is C11H21NO. The van der Waals surface area contributed by atoms with Crippen LogP contribution in [-0.2, 0) is 4.79 Å². The molecule has 1 heterocycles. The zero-order valence-corrected chi connectivity index (χ0v) is 9.05. The molecule has 0 radical (unpaired) electrons. The Morgan fingerprint density at radius 2 is 2.15 bits per heavy atom. The molecular weight excluding hydrogens is 162 g/mol. The van der Waals surface area contributed by atoms with E-state index in [0.29, 0.717) is 24.3 Å². The first-order valence-corrected chi connectivity index (χ1v) is 5.40. The van der Waals surface area contributed by atoms with Gasteiger partial charge in [0.05, 0.1) is 0 Å². The summed E-state index contributed by atoms with van der Waals surface area (Å²) in [6.07, 6.45) is 4.37. The van der Waals surface area contributed by atoms with E-state index in [0.717, 1.165) is 6.54 Å². The van der Waals surface area contributed by atoms with Crippen LogP contribution in [0.25, 0.3) is 0 Å². The Labute approximate surface area is 81.3 Å². The monoisotopic (exact) mass is 183 g/mol. The van der Waals surface area contributed by atoms with Crippen LogP contribution in [0.1, 0.15) is 46.5 Å². The number of hydrogen-bond donors (Lipinski definition) is 0. The zero-order chi connectivity index (χ0) is 9.84. The van der Waals surface area contributed by atoms with E-state index in [9.17, 15) is 4.79 Å². The quantitative estimate of drug-likeness (QED) is 0.644. The minimum atomic E-state index is 0.349. The lowest BCUT2D eigenvalue weighted by molar-refractivity contribution is -0.135. The van der Waals surface area contributed by atoms with Crippen molar-refractivity contribution in [3.05, 3.63) is 0 Å². The van der Waals surface area contributed by atoms with Gasteiger partial charge < -0.3 is 4.90 Å². The van der Waals surface area contributed by atoms with Gasteiger partial charge in [0.1, 0.15) is 0 Å². The molecule has 0 saturated carbocycles. The van der Waals surface area contributed by atoms with Crippen molar-refractivity contribution in [3.8, 4) is 0 Å². The highest BCUT2D eigenvalue weighted by Crippen LogP contribution is 2.18. The molecule has 0 bridgehead atoms. The summed E-state index contributed by atoms with van der Waals surface area (Å²) in [6, 6.07) is 0.472. The maximum Gasteiger partial charge on any atom is 0.223 e. The first-order chi connectivity index (χ1) is 6.11. The molecule has 1 aliphatic heterocycles. The van der Waals surface area contributed by atoms with E-state index in [4.69, 9.17) is 0 Å². The van der Waals surface area contributed by atoms with Crippen LogP contribution in [0.5, 0.6) is 0 Å². The van der Waals surface area contributed by atoms with E-state index >= 15 is 0 Å². The van der Waals surface area contributed by atoms with Crippen LogP contribution < -0.4 is 0 Å². The molecule has 0 aliphatic carbocycles. The third-order valence-corrected chi connectivity index (χ3v) is 2.71. The number of carbonyl (C=O) groups excluding carboxylic acids is 1. The Kier molecular flexibility index (Phi) is 3.76. The van der Waals surface area contributed by atoms with Crippen LogP contribution in [0.15, 0.2) is 0 Å². The van der Waals surface area contributed by atoms with Gasteiger partial charge in [-0.05, 0) is 32.1 Å². The molecule has 1 saturated heterocycles. The number of hydrogen-bond acceptors (Lipinski definition) is 1. The highest BCUT2D eigenvalue weighted by molar-refractivity contribution is 5.76. The van der Waals surface area contributed by atoms with Crippen molar-refractivity contribution in [1.82, 2.24) is 4.90 Å². The summed E-state index contributed by atoms with van der Waals surface area (Å²) in [5.41, 5.74) is 0. The van der Waals surface area contributed by atoms with Crippen LogP contribution >= 0.6 is 0 Å². The van der Waals surface area contributed by atoms with Crippen molar-refractivity contribution in [2.45, 2.75) is 52.5 Å². The van der Waals surface area contributed by atoms with Crippen molar-refractivity contribution in [3.63, 3.8) is 0 Å². The number of rotatable bonds is 2. The summed E-state index contributed by atoms with van der Waals surface area (Å²) >= 11 is 0. The first-order valence-electron chi connectivity index (χ1n) is 5.40. The van der Waals surface area contributed by atoms with E-state index < -0.39 is 0 Å². The molecule has 1 fully saturated rings. The van der Waals surface area contributed by atoms with Gasteiger partial charge in [0.2, 0.25) is 5.91 Å². The molecule has 0 aromatic carbocycles. The maximum absolute atomic E-state index is 11.7. The molecule has 0 unspecified atom stereocenters. The lowest BCUT2D eigenvalue weighted by Gasteiger charge is -2.33. The lowest BCUT2D eigenvalue weighted by atomic mass is 10.0. The molecule has 76 valence electrons. The lowest BCUT2D eigenvalue weighted by Crippen LogP contribution is -2.42. The Bertz CT molecular complexity index is 177. The summed E-state index contributed by atoms with van der Waals surface area (Å²) in [5.74, 6) is 0.837. The van der Waals surface area contributed by atoms with Crippen molar-refractivity contribution < 1.29 is 4.79 Å². The molecule has 0 aromatic heterocycles. The minimum absolute atomic E-state index is 0.349. The Morgan fingerprint density at radius 1 is 1.46 bits per heavy atom. The molecule has 1 rings (SSSR count). The topological polar surface area (TPSA) is 20.3 Å². The number of piperidine rings is 1. The predicted octanol–water partition coefficient (Wildman–Crippen LogP) is 2.43. The van der Waals surface area contributed by atoms with Crippen molar-refractivity contribution in [1.29, 1.82) is 0 Å². The summed E-state index contributed by atoms with van der Waals surface area (Å²) in [7, 11) is 0. The predicted molar refractivity (Wildman–Crippen MR) is 54.5 cm³/mol. The van der Waals surface area contributed by atoms with E-state index in [2.05, 4.69) is 25.7 Å². The summed E-state index contributed by atoms with van der Waals surface area (Å²) < 4.78 is 0. The fourth-order valence-electron chi connectivity index (χ4n) is 1.94. The number of carbonyl (C=O) groups is 1. The smallest absolute Gasteiger partial charge is 0.223 e. The first kappa shape index (κ1) is 10.6. The van der Waals surface area contributed by atoms with Gasteiger partial charge in [0.25, 0.3) is 0 Å². The number of amides is 1. The van der Waals surface area contributed by atoms with Crippen molar-refractivity contribution in [2.75, 3.05) is 6.54 Å². The second kappa shape index (κ2) is 4.64. The van der Waals surface area contributed by atoms with E-state index in [-0.39, 0.29) is 0 Å². The fraction of sp³-hybridized carbons (Fsp3) is 0.909. The van der Waals surface area contributed by atoms with Crippen molar-refractivity contribution >= 4 is 5.91 Å². The van der Waals surface area contributed by atoms with Crippen molar-refractivity contribution in [2.24, 2.45) is 5.92 Å². The molecule has 0 N–H and O–H groups in total. The summed E-state index contributed by atoms with van der Waals surface area (Å²) in [5, 5.41) is 0. The minimum Gasteiger partial charge on any atom is -0.340 e. The third kappa shape index (κ3) is 3.02. The normalized spacial score (nSPS) is 23.7. The SMILES string of the molecule is CC(C)CC(=O)N1CCCC[C@H]1C. The molecule has 13 heavy (non-hydrogen) atoms. The van der Waals surface area contributed by atoms with Gasteiger partial charge in [-0.25, -0.2) is 0 Å². The van der Waals surface area contributed by atoms with Crippen LogP contribution in [0, 0.1) is 5.92 Å².